The largest absolute Gasteiger partial charge is 0.508 e. The normalized spacial score (nSPS) is 10.7. The van der Waals surface area contributed by atoms with Crippen LogP contribution in [-0.4, -0.2) is 24.3 Å². The molecule has 5 heteroatoms. The number of rotatable bonds is 5. The van der Waals surface area contributed by atoms with Crippen molar-refractivity contribution in [1.29, 1.82) is 0 Å². The van der Waals surface area contributed by atoms with E-state index in [9.17, 15) is 9.90 Å². The van der Waals surface area contributed by atoms with Gasteiger partial charge in [0.15, 0.2) is 0 Å². The summed E-state index contributed by atoms with van der Waals surface area (Å²) in [5, 5.41) is 10.1. The molecular formula is C18H16O5. The molecule has 0 spiro atoms. The highest BCUT2D eigenvalue weighted by molar-refractivity contribution is 6.04. The Balaban J connectivity index is 1.64. The number of phenolic OH excluding ortho intramolecular Hbond substituents is 1. The van der Waals surface area contributed by atoms with Gasteiger partial charge in [-0.05, 0) is 37.3 Å². The topological polar surface area (TPSA) is 68.9 Å². The van der Waals surface area contributed by atoms with E-state index in [0.29, 0.717) is 22.3 Å². The summed E-state index contributed by atoms with van der Waals surface area (Å²) >= 11 is 0. The fourth-order valence-electron chi connectivity index (χ4n) is 2.34. The van der Waals surface area contributed by atoms with Crippen LogP contribution in [0, 0.1) is 6.92 Å². The zero-order valence-corrected chi connectivity index (χ0v) is 12.6. The highest BCUT2D eigenvalue weighted by atomic mass is 16.6. The van der Waals surface area contributed by atoms with E-state index in [2.05, 4.69) is 0 Å². The SMILES string of the molecule is Cc1oc2ccc(O)cc2c1C(=O)OCCOc1ccccc1. The first-order chi connectivity index (χ1) is 11.1. The number of aryl methyl sites for hydroxylation is 1. The Morgan fingerprint density at radius 3 is 2.70 bits per heavy atom. The van der Waals surface area contributed by atoms with Crippen LogP contribution in [0.1, 0.15) is 16.1 Å². The second kappa shape index (κ2) is 6.44. The van der Waals surface area contributed by atoms with Gasteiger partial charge in [-0.3, -0.25) is 0 Å². The van der Waals surface area contributed by atoms with Gasteiger partial charge in [-0.15, -0.1) is 0 Å². The lowest BCUT2D eigenvalue weighted by Gasteiger charge is -2.07. The molecule has 0 saturated heterocycles. The fourth-order valence-corrected chi connectivity index (χ4v) is 2.34. The molecule has 1 heterocycles. The highest BCUT2D eigenvalue weighted by Gasteiger charge is 2.19. The molecule has 0 fully saturated rings. The number of esters is 1. The Kier molecular flexibility index (Phi) is 4.19. The quantitative estimate of drug-likeness (QED) is 0.575. The van der Waals surface area contributed by atoms with Crippen molar-refractivity contribution in [3.8, 4) is 11.5 Å². The number of phenols is 1. The fraction of sp³-hybridized carbons (Fsp3) is 0.167. The van der Waals surface area contributed by atoms with E-state index in [0.717, 1.165) is 5.75 Å². The molecule has 0 aliphatic heterocycles. The van der Waals surface area contributed by atoms with Gasteiger partial charge in [-0.2, -0.15) is 0 Å². The average molecular weight is 312 g/mol. The van der Waals surface area contributed by atoms with Crippen LogP contribution in [-0.2, 0) is 4.74 Å². The molecule has 0 aliphatic carbocycles. The van der Waals surface area contributed by atoms with Crippen LogP contribution in [0.4, 0.5) is 0 Å². The molecule has 0 saturated carbocycles. The number of hydrogen-bond acceptors (Lipinski definition) is 5. The Bertz CT molecular complexity index is 820. The zero-order chi connectivity index (χ0) is 16.2. The first-order valence-corrected chi connectivity index (χ1v) is 7.22. The summed E-state index contributed by atoms with van der Waals surface area (Å²) in [7, 11) is 0. The summed E-state index contributed by atoms with van der Waals surface area (Å²) in [5.74, 6) is 0.751. The number of carbonyl (C=O) groups excluding carboxylic acids is 1. The van der Waals surface area contributed by atoms with E-state index >= 15 is 0 Å². The number of fused-ring (bicyclic) bond motifs is 1. The zero-order valence-electron chi connectivity index (χ0n) is 12.6. The molecule has 5 nitrogen and oxygen atoms in total. The summed E-state index contributed by atoms with van der Waals surface area (Å²) < 4.78 is 16.2. The first kappa shape index (κ1) is 15.0. The molecule has 118 valence electrons. The van der Waals surface area contributed by atoms with Crippen LogP contribution in [0.3, 0.4) is 0 Å². The number of ether oxygens (including phenoxy) is 2. The van der Waals surface area contributed by atoms with Crippen molar-refractivity contribution < 1.29 is 23.8 Å². The van der Waals surface area contributed by atoms with E-state index in [-0.39, 0.29) is 19.0 Å². The van der Waals surface area contributed by atoms with Crippen molar-refractivity contribution >= 4 is 16.9 Å². The third-order valence-corrected chi connectivity index (χ3v) is 3.38. The van der Waals surface area contributed by atoms with Gasteiger partial charge in [-0.1, -0.05) is 18.2 Å². The molecule has 0 bridgehead atoms. The van der Waals surface area contributed by atoms with E-state index in [1.54, 1.807) is 13.0 Å². The summed E-state index contributed by atoms with van der Waals surface area (Å²) in [6, 6.07) is 13.9. The second-order valence-electron chi connectivity index (χ2n) is 5.01. The standard InChI is InChI=1S/C18H16O5/c1-12-17(15-11-13(19)7-8-16(15)23-12)18(20)22-10-9-21-14-5-3-2-4-6-14/h2-8,11,19H,9-10H2,1H3. The van der Waals surface area contributed by atoms with Crippen LogP contribution in [0.5, 0.6) is 11.5 Å². The molecule has 0 atom stereocenters. The monoisotopic (exact) mass is 312 g/mol. The minimum Gasteiger partial charge on any atom is -0.508 e. The molecule has 23 heavy (non-hydrogen) atoms. The van der Waals surface area contributed by atoms with Gasteiger partial charge in [-0.25, -0.2) is 4.79 Å². The van der Waals surface area contributed by atoms with Gasteiger partial charge in [0.25, 0.3) is 0 Å². The number of hydrogen-bond donors (Lipinski definition) is 1. The molecule has 3 aromatic rings. The Morgan fingerprint density at radius 1 is 1.13 bits per heavy atom. The van der Waals surface area contributed by atoms with Crippen molar-refractivity contribution in [2.45, 2.75) is 6.92 Å². The van der Waals surface area contributed by atoms with E-state index in [1.807, 2.05) is 30.3 Å². The Hall–Kier alpha value is -2.95. The van der Waals surface area contributed by atoms with Gasteiger partial charge in [0.05, 0.1) is 0 Å². The molecule has 0 radical (unpaired) electrons. The van der Waals surface area contributed by atoms with E-state index in [4.69, 9.17) is 13.9 Å². The van der Waals surface area contributed by atoms with E-state index in [1.165, 1.54) is 12.1 Å². The summed E-state index contributed by atoms with van der Waals surface area (Å²) in [5.41, 5.74) is 0.864. The molecule has 2 aromatic carbocycles. The predicted octanol–water partition coefficient (Wildman–Crippen LogP) is 3.68. The maximum Gasteiger partial charge on any atom is 0.342 e. The van der Waals surface area contributed by atoms with Gasteiger partial charge in [0.1, 0.15) is 41.6 Å². The lowest BCUT2D eigenvalue weighted by Crippen LogP contribution is -2.12. The summed E-state index contributed by atoms with van der Waals surface area (Å²) in [4.78, 5) is 12.2. The van der Waals surface area contributed by atoms with Crippen LogP contribution < -0.4 is 4.74 Å². The maximum atomic E-state index is 12.2. The smallest absolute Gasteiger partial charge is 0.342 e. The number of carbonyl (C=O) groups is 1. The molecule has 3 rings (SSSR count). The third kappa shape index (κ3) is 3.29. The number of aromatic hydroxyl groups is 1. The van der Waals surface area contributed by atoms with Crippen molar-refractivity contribution in [3.05, 3.63) is 59.9 Å². The summed E-state index contributed by atoms with van der Waals surface area (Å²) in [6.45, 7) is 2.07. The van der Waals surface area contributed by atoms with Gasteiger partial charge in [0, 0.05) is 5.39 Å². The molecule has 1 N–H and O–H groups in total. The van der Waals surface area contributed by atoms with Gasteiger partial charge >= 0.3 is 5.97 Å². The molecule has 0 aliphatic rings. The highest BCUT2D eigenvalue weighted by Crippen LogP contribution is 2.29. The molecule has 0 unspecified atom stereocenters. The van der Waals surface area contributed by atoms with E-state index < -0.39 is 5.97 Å². The average Bonchev–Trinajstić information content (AvgIpc) is 2.87. The van der Waals surface area contributed by atoms with Crippen molar-refractivity contribution in [2.24, 2.45) is 0 Å². The lowest BCUT2D eigenvalue weighted by molar-refractivity contribution is 0.0450. The Labute approximate surface area is 133 Å². The molecule has 1 aromatic heterocycles. The maximum absolute atomic E-state index is 12.2. The number of benzene rings is 2. The second-order valence-corrected chi connectivity index (χ2v) is 5.01. The lowest BCUT2D eigenvalue weighted by atomic mass is 10.1. The van der Waals surface area contributed by atoms with Crippen LogP contribution in [0.2, 0.25) is 0 Å². The van der Waals surface area contributed by atoms with Crippen LogP contribution in [0.15, 0.2) is 52.9 Å². The predicted molar refractivity (Wildman–Crippen MR) is 84.8 cm³/mol. The first-order valence-electron chi connectivity index (χ1n) is 7.22. The minimum atomic E-state index is -0.497. The van der Waals surface area contributed by atoms with Crippen LogP contribution in [0.25, 0.3) is 11.0 Å². The number of furan rings is 1. The van der Waals surface area contributed by atoms with Crippen LogP contribution >= 0.6 is 0 Å². The minimum absolute atomic E-state index is 0.0692. The van der Waals surface area contributed by atoms with Crippen molar-refractivity contribution in [2.75, 3.05) is 13.2 Å². The summed E-state index contributed by atoms with van der Waals surface area (Å²) in [6.07, 6.45) is 0. The van der Waals surface area contributed by atoms with Gasteiger partial charge in [0.2, 0.25) is 0 Å². The molecular weight excluding hydrogens is 296 g/mol. The van der Waals surface area contributed by atoms with Crippen molar-refractivity contribution in [3.63, 3.8) is 0 Å². The van der Waals surface area contributed by atoms with Crippen molar-refractivity contribution in [1.82, 2.24) is 0 Å². The molecule has 0 amide bonds. The number of para-hydroxylation sites is 1. The van der Waals surface area contributed by atoms with Gasteiger partial charge < -0.3 is 19.0 Å². The third-order valence-electron chi connectivity index (χ3n) is 3.38. The Morgan fingerprint density at radius 2 is 1.91 bits per heavy atom.